The molecular formula is C28H30F3NO7S2. The molecule has 1 amide bonds. The number of ether oxygens (including phenoxy) is 1. The topological polar surface area (TPSA) is 107 Å². The number of hydrogen-bond donors (Lipinski definition) is 0. The molecule has 0 saturated carbocycles. The van der Waals surface area contributed by atoms with E-state index in [0.29, 0.717) is 13.0 Å². The highest BCUT2D eigenvalue weighted by atomic mass is 32.2. The highest BCUT2D eigenvalue weighted by molar-refractivity contribution is 7.91. The molecule has 3 aromatic carbocycles. The fourth-order valence-electron chi connectivity index (χ4n) is 3.74. The number of benzene rings is 3. The number of halogens is 3. The first-order valence-corrected chi connectivity index (χ1v) is 15.3. The second-order valence-electron chi connectivity index (χ2n) is 10.2. The van der Waals surface area contributed by atoms with E-state index in [-0.39, 0.29) is 15.8 Å². The zero-order valence-corrected chi connectivity index (χ0v) is 24.4. The third kappa shape index (κ3) is 8.46. The Hall–Kier alpha value is -3.58. The van der Waals surface area contributed by atoms with Gasteiger partial charge in [0, 0.05) is 12.6 Å². The summed E-state index contributed by atoms with van der Waals surface area (Å²) in [7, 11) is -9.96. The molecule has 41 heavy (non-hydrogen) atoms. The molecule has 8 nitrogen and oxygen atoms in total. The molecule has 0 N–H and O–H groups in total. The number of hydrogen-bond acceptors (Lipinski definition) is 7. The summed E-state index contributed by atoms with van der Waals surface area (Å²) >= 11 is 0. The standard InChI is InChI=1S/C28H30F3NO7S2/c1-20(32(26(33)38-27(2,3)4)19-22-8-6-5-7-9-22)18-21-10-14-24(15-11-21)40(34,35)25-16-12-23(13-17-25)39-41(36,37)28(29,30)31/h5-17,20H,18-19H2,1-4H3/t20-/m1/s1. The van der Waals surface area contributed by atoms with Gasteiger partial charge in [-0.1, -0.05) is 42.5 Å². The SMILES string of the molecule is C[C@H](Cc1ccc(S(=O)(=O)c2ccc(OS(=O)(=O)C(F)(F)F)cc2)cc1)N(Cc1ccccc1)C(=O)OC(C)(C)C. The van der Waals surface area contributed by atoms with E-state index in [0.717, 1.165) is 35.4 Å². The van der Waals surface area contributed by atoms with Gasteiger partial charge in [-0.3, -0.25) is 0 Å². The van der Waals surface area contributed by atoms with Gasteiger partial charge in [0.2, 0.25) is 9.84 Å². The number of carbonyl (C=O) groups is 1. The van der Waals surface area contributed by atoms with Crippen LogP contribution in [0.4, 0.5) is 18.0 Å². The van der Waals surface area contributed by atoms with Crippen molar-refractivity contribution >= 4 is 26.0 Å². The van der Waals surface area contributed by atoms with Crippen molar-refractivity contribution < 1.29 is 43.7 Å². The highest BCUT2D eigenvalue weighted by Gasteiger charge is 2.48. The van der Waals surface area contributed by atoms with Crippen LogP contribution in [0, 0.1) is 0 Å². The van der Waals surface area contributed by atoms with Gasteiger partial charge < -0.3 is 13.8 Å². The van der Waals surface area contributed by atoms with Gasteiger partial charge in [0.1, 0.15) is 11.4 Å². The van der Waals surface area contributed by atoms with Crippen molar-refractivity contribution in [3.05, 3.63) is 90.0 Å². The van der Waals surface area contributed by atoms with E-state index < -0.39 is 42.9 Å². The maximum atomic E-state index is 13.0. The van der Waals surface area contributed by atoms with Crippen molar-refractivity contribution in [3.63, 3.8) is 0 Å². The minimum Gasteiger partial charge on any atom is -0.444 e. The van der Waals surface area contributed by atoms with Crippen molar-refractivity contribution in [3.8, 4) is 5.75 Å². The fourth-order valence-corrected chi connectivity index (χ4v) is 5.46. The van der Waals surface area contributed by atoms with Crippen LogP contribution < -0.4 is 4.18 Å². The number of carbonyl (C=O) groups excluding carboxylic acids is 1. The van der Waals surface area contributed by atoms with Gasteiger partial charge in [-0.15, -0.1) is 0 Å². The predicted octanol–water partition coefficient (Wildman–Crippen LogP) is 6.12. The average molecular weight is 614 g/mol. The smallest absolute Gasteiger partial charge is 0.444 e. The summed E-state index contributed by atoms with van der Waals surface area (Å²) in [6.07, 6.45) is -0.0879. The Kier molecular flexibility index (Phi) is 9.44. The van der Waals surface area contributed by atoms with E-state index in [4.69, 9.17) is 4.74 Å². The zero-order chi connectivity index (χ0) is 30.6. The molecule has 222 valence electrons. The second-order valence-corrected chi connectivity index (χ2v) is 13.7. The number of rotatable bonds is 9. The number of amides is 1. The van der Waals surface area contributed by atoms with Crippen molar-refractivity contribution in [2.75, 3.05) is 0 Å². The van der Waals surface area contributed by atoms with Crippen molar-refractivity contribution in [1.29, 1.82) is 0 Å². The quantitative estimate of drug-likeness (QED) is 0.212. The van der Waals surface area contributed by atoms with Crippen LogP contribution in [0.25, 0.3) is 0 Å². The van der Waals surface area contributed by atoms with Crippen LogP contribution in [0.15, 0.2) is 88.7 Å². The van der Waals surface area contributed by atoms with Crippen LogP contribution in [0.2, 0.25) is 0 Å². The van der Waals surface area contributed by atoms with Crippen molar-refractivity contribution in [1.82, 2.24) is 4.90 Å². The fraction of sp³-hybridized carbons (Fsp3) is 0.321. The first-order chi connectivity index (χ1) is 18.9. The van der Waals surface area contributed by atoms with Crippen LogP contribution in [0.3, 0.4) is 0 Å². The van der Waals surface area contributed by atoms with Crippen molar-refractivity contribution in [2.24, 2.45) is 0 Å². The van der Waals surface area contributed by atoms with Crippen LogP contribution >= 0.6 is 0 Å². The third-order valence-electron chi connectivity index (χ3n) is 5.74. The van der Waals surface area contributed by atoms with Crippen molar-refractivity contribution in [2.45, 2.75) is 67.6 Å². The van der Waals surface area contributed by atoms with Gasteiger partial charge in [-0.05, 0) is 81.6 Å². The van der Waals surface area contributed by atoms with E-state index in [9.17, 15) is 34.8 Å². The number of nitrogens with zero attached hydrogens (tertiary/aromatic N) is 1. The minimum absolute atomic E-state index is 0.0845. The Balaban J connectivity index is 1.76. The van der Waals surface area contributed by atoms with Gasteiger partial charge >= 0.3 is 21.7 Å². The van der Waals surface area contributed by atoms with Crippen LogP contribution in [0.5, 0.6) is 5.75 Å². The molecule has 0 bridgehead atoms. The Bertz CT molecular complexity index is 1550. The normalized spacial score (nSPS) is 13.3. The summed E-state index contributed by atoms with van der Waals surface area (Å²) in [4.78, 5) is 14.3. The average Bonchev–Trinajstić information content (AvgIpc) is 2.86. The molecule has 0 saturated heterocycles. The molecular weight excluding hydrogens is 583 g/mol. The Morgan fingerprint density at radius 2 is 1.32 bits per heavy atom. The van der Waals surface area contributed by atoms with E-state index in [2.05, 4.69) is 4.18 Å². The van der Waals surface area contributed by atoms with Gasteiger partial charge in [-0.2, -0.15) is 21.6 Å². The zero-order valence-electron chi connectivity index (χ0n) is 22.8. The maximum absolute atomic E-state index is 13.0. The molecule has 13 heteroatoms. The van der Waals surface area contributed by atoms with Gasteiger partial charge in [0.15, 0.2) is 0 Å². The predicted molar refractivity (Wildman–Crippen MR) is 145 cm³/mol. The van der Waals surface area contributed by atoms with Crippen LogP contribution in [-0.4, -0.2) is 45.0 Å². The number of alkyl halides is 3. The molecule has 3 rings (SSSR count). The first-order valence-electron chi connectivity index (χ1n) is 12.4. The van der Waals surface area contributed by atoms with Crippen LogP contribution in [-0.2, 0) is 37.7 Å². The molecule has 0 spiro atoms. The van der Waals surface area contributed by atoms with E-state index in [1.54, 1.807) is 37.8 Å². The monoisotopic (exact) mass is 613 g/mol. The molecule has 0 aliphatic carbocycles. The largest absolute Gasteiger partial charge is 0.534 e. The highest BCUT2D eigenvalue weighted by Crippen LogP contribution is 2.29. The van der Waals surface area contributed by atoms with E-state index >= 15 is 0 Å². The summed E-state index contributed by atoms with van der Waals surface area (Å²) in [5, 5.41) is 0. The molecule has 0 aliphatic heterocycles. The maximum Gasteiger partial charge on any atom is 0.534 e. The summed E-state index contributed by atoms with van der Waals surface area (Å²) in [6, 6.07) is 18.6. The number of sulfone groups is 1. The van der Waals surface area contributed by atoms with Gasteiger partial charge in [0.25, 0.3) is 0 Å². The molecule has 0 aromatic heterocycles. The van der Waals surface area contributed by atoms with E-state index in [1.165, 1.54) is 12.1 Å². The van der Waals surface area contributed by atoms with E-state index in [1.807, 2.05) is 37.3 Å². The molecule has 0 radical (unpaired) electrons. The molecule has 0 unspecified atom stereocenters. The molecule has 0 aliphatic rings. The summed E-state index contributed by atoms with van der Waals surface area (Å²) in [6.45, 7) is 7.51. The summed E-state index contributed by atoms with van der Waals surface area (Å²) < 4.78 is 95.7. The Morgan fingerprint density at radius 3 is 1.80 bits per heavy atom. The second kappa shape index (κ2) is 12.1. The first kappa shape index (κ1) is 31.9. The Labute approximate surface area is 237 Å². The molecule has 0 heterocycles. The lowest BCUT2D eigenvalue weighted by atomic mass is 10.1. The van der Waals surface area contributed by atoms with Crippen LogP contribution in [0.1, 0.15) is 38.8 Å². The lowest BCUT2D eigenvalue weighted by Gasteiger charge is -2.32. The summed E-state index contributed by atoms with van der Waals surface area (Å²) in [5.74, 6) is -0.685. The Morgan fingerprint density at radius 1 is 0.805 bits per heavy atom. The lowest BCUT2D eigenvalue weighted by molar-refractivity contribution is -0.0500. The third-order valence-corrected chi connectivity index (χ3v) is 8.51. The lowest BCUT2D eigenvalue weighted by Crippen LogP contribution is -2.42. The van der Waals surface area contributed by atoms with Gasteiger partial charge in [-0.25, -0.2) is 13.2 Å². The van der Waals surface area contributed by atoms with Gasteiger partial charge in [0.05, 0.1) is 9.79 Å². The molecule has 1 atom stereocenters. The molecule has 3 aromatic rings. The molecule has 0 fully saturated rings. The minimum atomic E-state index is -5.89. The summed E-state index contributed by atoms with van der Waals surface area (Å²) in [5.41, 5.74) is -4.65.